The van der Waals surface area contributed by atoms with Crippen molar-refractivity contribution in [2.24, 2.45) is 0 Å². The molecule has 18 heavy (non-hydrogen) atoms. The standard InChI is InChI=1S/C12H8Cl2N2O2/c1-6-5-9(12(17)18)16-11(15-6)7-3-2-4-8(13)10(7)14/h2-5H,1H3,(H,17,18). The van der Waals surface area contributed by atoms with Crippen molar-refractivity contribution in [2.75, 3.05) is 0 Å². The SMILES string of the molecule is Cc1cc(C(=O)O)nc(-c2cccc(Cl)c2Cl)n1. The zero-order valence-electron chi connectivity index (χ0n) is 9.32. The number of carboxylic acids is 1. The van der Waals surface area contributed by atoms with Crippen molar-refractivity contribution in [3.8, 4) is 11.4 Å². The average molecular weight is 283 g/mol. The van der Waals surface area contributed by atoms with E-state index in [1.165, 1.54) is 6.07 Å². The number of aryl methyl sites for hydroxylation is 1. The van der Waals surface area contributed by atoms with Gasteiger partial charge >= 0.3 is 5.97 Å². The number of hydrogen-bond acceptors (Lipinski definition) is 3. The van der Waals surface area contributed by atoms with Gasteiger partial charge in [-0.3, -0.25) is 0 Å². The van der Waals surface area contributed by atoms with Crippen LogP contribution < -0.4 is 0 Å². The molecule has 0 aliphatic rings. The maximum atomic E-state index is 10.9. The molecule has 0 spiro atoms. The molecule has 4 nitrogen and oxygen atoms in total. The van der Waals surface area contributed by atoms with E-state index in [9.17, 15) is 4.79 Å². The highest BCUT2D eigenvalue weighted by atomic mass is 35.5. The summed E-state index contributed by atoms with van der Waals surface area (Å²) in [6.45, 7) is 1.69. The zero-order chi connectivity index (χ0) is 13.3. The number of aromatic carboxylic acids is 1. The van der Waals surface area contributed by atoms with E-state index >= 15 is 0 Å². The van der Waals surface area contributed by atoms with Gasteiger partial charge < -0.3 is 5.11 Å². The summed E-state index contributed by atoms with van der Waals surface area (Å²) in [7, 11) is 0. The molecule has 0 saturated carbocycles. The van der Waals surface area contributed by atoms with Crippen LogP contribution in [-0.4, -0.2) is 21.0 Å². The van der Waals surface area contributed by atoms with Gasteiger partial charge in [0.2, 0.25) is 0 Å². The summed E-state index contributed by atoms with van der Waals surface area (Å²) >= 11 is 12.0. The fourth-order valence-corrected chi connectivity index (χ4v) is 1.86. The van der Waals surface area contributed by atoms with Crippen molar-refractivity contribution < 1.29 is 9.90 Å². The molecule has 0 amide bonds. The van der Waals surface area contributed by atoms with E-state index < -0.39 is 5.97 Å². The summed E-state index contributed by atoms with van der Waals surface area (Å²) in [5.74, 6) is -0.861. The molecule has 1 aromatic carbocycles. The third kappa shape index (κ3) is 2.44. The Morgan fingerprint density at radius 3 is 2.67 bits per heavy atom. The van der Waals surface area contributed by atoms with Gasteiger partial charge in [0.15, 0.2) is 11.5 Å². The Labute approximate surface area is 113 Å². The fraction of sp³-hybridized carbons (Fsp3) is 0.0833. The Morgan fingerprint density at radius 1 is 1.28 bits per heavy atom. The smallest absolute Gasteiger partial charge is 0.354 e. The Hall–Kier alpha value is -1.65. The van der Waals surface area contributed by atoms with Crippen molar-refractivity contribution >= 4 is 29.2 Å². The number of hydrogen-bond donors (Lipinski definition) is 1. The molecule has 0 saturated heterocycles. The molecule has 0 aliphatic heterocycles. The summed E-state index contributed by atoms with van der Waals surface area (Å²) in [5.41, 5.74) is 0.984. The first kappa shape index (κ1) is 12.8. The third-order valence-corrected chi connectivity index (χ3v) is 3.08. The van der Waals surface area contributed by atoms with Crippen LogP contribution in [0.15, 0.2) is 24.3 Å². The van der Waals surface area contributed by atoms with E-state index in [0.717, 1.165) is 0 Å². The summed E-state index contributed by atoms with van der Waals surface area (Å²) in [6.07, 6.45) is 0. The van der Waals surface area contributed by atoms with Crippen molar-refractivity contribution in [1.82, 2.24) is 9.97 Å². The number of carbonyl (C=O) groups is 1. The third-order valence-electron chi connectivity index (χ3n) is 2.27. The lowest BCUT2D eigenvalue weighted by Crippen LogP contribution is -2.04. The largest absolute Gasteiger partial charge is 0.477 e. The van der Waals surface area contributed by atoms with Crippen LogP contribution in [0.1, 0.15) is 16.2 Å². The molecule has 0 radical (unpaired) electrons. The first-order valence-corrected chi connectivity index (χ1v) is 5.78. The zero-order valence-corrected chi connectivity index (χ0v) is 10.8. The second-order valence-electron chi connectivity index (χ2n) is 3.62. The lowest BCUT2D eigenvalue weighted by Gasteiger charge is -2.06. The number of nitrogens with zero attached hydrogens (tertiary/aromatic N) is 2. The van der Waals surface area contributed by atoms with Gasteiger partial charge in [-0.25, -0.2) is 14.8 Å². The summed E-state index contributed by atoms with van der Waals surface area (Å²) in [4.78, 5) is 19.1. The molecule has 0 unspecified atom stereocenters. The number of halogens is 2. The first-order valence-electron chi connectivity index (χ1n) is 5.02. The van der Waals surface area contributed by atoms with Gasteiger partial charge in [-0.15, -0.1) is 0 Å². The van der Waals surface area contributed by atoms with Crippen LogP contribution in [0.2, 0.25) is 10.0 Å². The van der Waals surface area contributed by atoms with E-state index in [2.05, 4.69) is 9.97 Å². The Kier molecular flexibility index (Phi) is 3.50. The van der Waals surface area contributed by atoms with E-state index in [1.807, 2.05) is 0 Å². The van der Waals surface area contributed by atoms with Crippen LogP contribution in [-0.2, 0) is 0 Å². The molecule has 0 bridgehead atoms. The molecular formula is C12H8Cl2N2O2. The van der Waals surface area contributed by atoms with E-state index in [-0.39, 0.29) is 11.5 Å². The first-order chi connectivity index (χ1) is 8.49. The van der Waals surface area contributed by atoms with Crippen LogP contribution in [0, 0.1) is 6.92 Å². The van der Waals surface area contributed by atoms with Gasteiger partial charge in [0.25, 0.3) is 0 Å². The molecule has 92 valence electrons. The number of carboxylic acid groups (broad SMARTS) is 1. The molecule has 1 N–H and O–H groups in total. The molecule has 1 aromatic heterocycles. The van der Waals surface area contributed by atoms with Crippen LogP contribution in [0.25, 0.3) is 11.4 Å². The molecule has 2 aromatic rings. The highest BCUT2D eigenvalue weighted by molar-refractivity contribution is 6.43. The maximum absolute atomic E-state index is 10.9. The molecule has 0 fully saturated rings. The lowest BCUT2D eigenvalue weighted by molar-refractivity contribution is 0.0690. The van der Waals surface area contributed by atoms with Crippen LogP contribution in [0.5, 0.6) is 0 Å². The van der Waals surface area contributed by atoms with Crippen molar-refractivity contribution in [1.29, 1.82) is 0 Å². The minimum atomic E-state index is -1.11. The highest BCUT2D eigenvalue weighted by Gasteiger charge is 2.13. The van der Waals surface area contributed by atoms with Crippen molar-refractivity contribution in [3.05, 3.63) is 45.7 Å². The minimum absolute atomic E-state index is 0.0754. The molecule has 2 rings (SSSR count). The Bertz CT molecular complexity index is 629. The van der Waals surface area contributed by atoms with Gasteiger partial charge in [0.05, 0.1) is 10.0 Å². The second kappa shape index (κ2) is 4.92. The van der Waals surface area contributed by atoms with Crippen LogP contribution in [0.4, 0.5) is 0 Å². The lowest BCUT2D eigenvalue weighted by atomic mass is 10.2. The topological polar surface area (TPSA) is 63.1 Å². The quantitative estimate of drug-likeness (QED) is 0.916. The predicted molar refractivity (Wildman–Crippen MR) is 69.2 cm³/mol. The highest BCUT2D eigenvalue weighted by Crippen LogP contribution is 2.31. The maximum Gasteiger partial charge on any atom is 0.354 e. The molecule has 0 aliphatic carbocycles. The molecule has 6 heteroatoms. The molecule has 1 heterocycles. The van der Waals surface area contributed by atoms with Crippen LogP contribution >= 0.6 is 23.2 Å². The summed E-state index contributed by atoms with van der Waals surface area (Å²) in [5, 5.41) is 9.63. The minimum Gasteiger partial charge on any atom is -0.477 e. The summed E-state index contributed by atoms with van der Waals surface area (Å²) in [6, 6.07) is 6.43. The van der Waals surface area contributed by atoms with Gasteiger partial charge in [0.1, 0.15) is 0 Å². The van der Waals surface area contributed by atoms with Crippen molar-refractivity contribution in [2.45, 2.75) is 6.92 Å². The van der Waals surface area contributed by atoms with Gasteiger partial charge in [-0.05, 0) is 25.1 Å². The number of benzene rings is 1. The fourth-order valence-electron chi connectivity index (χ4n) is 1.48. The monoisotopic (exact) mass is 282 g/mol. The Balaban J connectivity index is 2.64. The molecule has 0 atom stereocenters. The summed E-state index contributed by atoms with van der Waals surface area (Å²) < 4.78 is 0. The van der Waals surface area contributed by atoms with E-state index in [4.69, 9.17) is 28.3 Å². The van der Waals surface area contributed by atoms with E-state index in [0.29, 0.717) is 21.3 Å². The van der Waals surface area contributed by atoms with Gasteiger partial charge in [-0.1, -0.05) is 29.3 Å². The number of rotatable bonds is 2. The average Bonchev–Trinajstić information content (AvgIpc) is 2.31. The second-order valence-corrected chi connectivity index (χ2v) is 4.41. The van der Waals surface area contributed by atoms with E-state index in [1.54, 1.807) is 25.1 Å². The van der Waals surface area contributed by atoms with Crippen molar-refractivity contribution in [3.63, 3.8) is 0 Å². The van der Waals surface area contributed by atoms with Crippen LogP contribution in [0.3, 0.4) is 0 Å². The predicted octanol–water partition coefficient (Wildman–Crippen LogP) is 3.46. The van der Waals surface area contributed by atoms with Gasteiger partial charge in [0, 0.05) is 11.3 Å². The Morgan fingerprint density at radius 2 is 2.00 bits per heavy atom. The normalized spacial score (nSPS) is 10.4. The number of aromatic nitrogens is 2. The molecular weight excluding hydrogens is 275 g/mol. The van der Waals surface area contributed by atoms with Gasteiger partial charge in [-0.2, -0.15) is 0 Å².